The minimum atomic E-state index is -0.101. The van der Waals surface area contributed by atoms with Crippen molar-refractivity contribution in [2.24, 2.45) is 7.05 Å². The number of thioether (sulfide) groups is 1. The van der Waals surface area contributed by atoms with Crippen LogP contribution in [0.3, 0.4) is 0 Å². The number of amides is 2. The maximum Gasteiger partial charge on any atom is 0.234 e. The van der Waals surface area contributed by atoms with Crippen molar-refractivity contribution in [2.75, 3.05) is 16.4 Å². The number of para-hydroxylation sites is 2. The van der Waals surface area contributed by atoms with Gasteiger partial charge in [0.05, 0.1) is 5.75 Å². The largest absolute Gasteiger partial charge is 0.326 e. The Labute approximate surface area is 180 Å². The Hall–Kier alpha value is -3.13. The van der Waals surface area contributed by atoms with Gasteiger partial charge in [-0.1, -0.05) is 48.2 Å². The molecule has 0 saturated heterocycles. The van der Waals surface area contributed by atoms with Crippen LogP contribution in [0, 0.1) is 13.8 Å². The molecule has 0 fully saturated rings. The molecule has 7 nitrogen and oxygen atoms in total. The first-order valence-electron chi connectivity index (χ1n) is 9.66. The molecular formula is C22H25N5O2S. The van der Waals surface area contributed by atoms with Gasteiger partial charge in [-0.2, -0.15) is 0 Å². The van der Waals surface area contributed by atoms with Crippen molar-refractivity contribution in [3.63, 3.8) is 0 Å². The highest BCUT2D eigenvalue weighted by Gasteiger charge is 2.14. The molecule has 30 heavy (non-hydrogen) atoms. The standard InChI is InChI=1S/C22H25N5O2S/c1-15-8-4-6-10-17(15)23-20(28)13-12-19-25-26-22(27(19)3)30-14-21(29)24-18-11-7-5-9-16(18)2/h4-11H,12-14H2,1-3H3,(H,23,28)(H,24,29). The van der Waals surface area contributed by atoms with E-state index in [-0.39, 0.29) is 17.6 Å². The molecule has 2 aromatic carbocycles. The maximum absolute atomic E-state index is 12.2. The predicted octanol–water partition coefficient (Wildman–Crippen LogP) is 3.73. The van der Waals surface area contributed by atoms with Crippen LogP contribution >= 0.6 is 11.8 Å². The number of anilines is 2. The van der Waals surface area contributed by atoms with Crippen LogP contribution in [-0.2, 0) is 23.1 Å². The fourth-order valence-electron chi connectivity index (χ4n) is 2.87. The van der Waals surface area contributed by atoms with Crippen LogP contribution < -0.4 is 10.6 Å². The third kappa shape index (κ3) is 5.70. The van der Waals surface area contributed by atoms with Crippen molar-refractivity contribution < 1.29 is 9.59 Å². The summed E-state index contributed by atoms with van der Waals surface area (Å²) in [4.78, 5) is 24.5. The van der Waals surface area contributed by atoms with Gasteiger partial charge in [0.15, 0.2) is 5.16 Å². The number of aryl methyl sites for hydroxylation is 3. The highest BCUT2D eigenvalue weighted by Crippen LogP contribution is 2.19. The minimum absolute atomic E-state index is 0.0703. The predicted molar refractivity (Wildman–Crippen MR) is 120 cm³/mol. The third-order valence-corrected chi connectivity index (χ3v) is 5.69. The number of carbonyl (C=O) groups excluding carboxylic acids is 2. The number of nitrogens with zero attached hydrogens (tertiary/aromatic N) is 3. The zero-order valence-corrected chi connectivity index (χ0v) is 18.1. The molecule has 2 amide bonds. The first-order chi connectivity index (χ1) is 14.4. The molecule has 3 aromatic rings. The van der Waals surface area contributed by atoms with E-state index in [9.17, 15) is 9.59 Å². The summed E-state index contributed by atoms with van der Waals surface area (Å²) in [6.07, 6.45) is 0.774. The van der Waals surface area contributed by atoms with Crippen molar-refractivity contribution >= 4 is 35.0 Å². The second-order valence-corrected chi connectivity index (χ2v) is 7.92. The van der Waals surface area contributed by atoms with Crippen molar-refractivity contribution in [2.45, 2.75) is 31.8 Å². The van der Waals surface area contributed by atoms with Gasteiger partial charge in [-0.15, -0.1) is 10.2 Å². The summed E-state index contributed by atoms with van der Waals surface area (Å²) in [6.45, 7) is 3.91. The molecule has 0 spiro atoms. The Balaban J connectivity index is 1.49. The summed E-state index contributed by atoms with van der Waals surface area (Å²) in [5.41, 5.74) is 3.66. The molecule has 0 bridgehead atoms. The summed E-state index contributed by atoms with van der Waals surface area (Å²) >= 11 is 1.32. The molecule has 0 aliphatic carbocycles. The number of hydrogen-bond acceptors (Lipinski definition) is 5. The lowest BCUT2D eigenvalue weighted by Crippen LogP contribution is -2.15. The van der Waals surface area contributed by atoms with E-state index in [1.807, 2.05) is 74.0 Å². The second kappa shape index (κ2) is 10.1. The first kappa shape index (κ1) is 21.6. The van der Waals surface area contributed by atoms with E-state index in [1.165, 1.54) is 11.8 Å². The van der Waals surface area contributed by atoms with Crippen molar-refractivity contribution in [3.05, 3.63) is 65.5 Å². The lowest BCUT2D eigenvalue weighted by Gasteiger charge is -2.08. The van der Waals surface area contributed by atoms with Crippen LogP contribution in [0.1, 0.15) is 23.4 Å². The number of aromatic nitrogens is 3. The quantitative estimate of drug-likeness (QED) is 0.539. The van der Waals surface area contributed by atoms with Gasteiger partial charge < -0.3 is 15.2 Å². The number of rotatable bonds is 8. The van der Waals surface area contributed by atoms with Crippen LogP contribution in [0.2, 0.25) is 0 Å². The van der Waals surface area contributed by atoms with E-state index in [2.05, 4.69) is 20.8 Å². The van der Waals surface area contributed by atoms with Crippen LogP contribution in [-0.4, -0.2) is 32.3 Å². The van der Waals surface area contributed by atoms with Gasteiger partial charge in [0.1, 0.15) is 5.82 Å². The van der Waals surface area contributed by atoms with E-state index in [4.69, 9.17) is 0 Å². The zero-order chi connectivity index (χ0) is 21.5. The Morgan fingerprint density at radius 2 is 1.47 bits per heavy atom. The summed E-state index contributed by atoms with van der Waals surface area (Å²) in [5, 5.41) is 14.8. The molecule has 0 unspecified atom stereocenters. The van der Waals surface area contributed by atoms with Crippen LogP contribution in [0.4, 0.5) is 11.4 Å². The average Bonchev–Trinajstić information content (AvgIpc) is 3.08. The van der Waals surface area contributed by atoms with Crippen molar-refractivity contribution in [1.82, 2.24) is 14.8 Å². The normalized spacial score (nSPS) is 10.6. The van der Waals surface area contributed by atoms with Gasteiger partial charge in [0, 0.05) is 31.3 Å². The number of hydrogen-bond donors (Lipinski definition) is 2. The molecule has 3 rings (SSSR count). The lowest BCUT2D eigenvalue weighted by molar-refractivity contribution is -0.116. The van der Waals surface area contributed by atoms with Gasteiger partial charge in [-0.05, 0) is 37.1 Å². The Morgan fingerprint density at radius 3 is 2.07 bits per heavy atom. The number of benzene rings is 2. The van der Waals surface area contributed by atoms with Gasteiger partial charge in [0.25, 0.3) is 0 Å². The molecule has 0 radical (unpaired) electrons. The van der Waals surface area contributed by atoms with Crippen molar-refractivity contribution in [3.8, 4) is 0 Å². The monoisotopic (exact) mass is 423 g/mol. The highest BCUT2D eigenvalue weighted by molar-refractivity contribution is 7.99. The Kier molecular flexibility index (Phi) is 7.24. The molecule has 2 N–H and O–H groups in total. The van der Waals surface area contributed by atoms with E-state index in [1.54, 1.807) is 0 Å². The van der Waals surface area contributed by atoms with Gasteiger partial charge in [0.2, 0.25) is 11.8 Å². The Morgan fingerprint density at radius 1 is 0.900 bits per heavy atom. The lowest BCUT2D eigenvalue weighted by atomic mass is 10.2. The van der Waals surface area contributed by atoms with E-state index in [0.29, 0.717) is 23.8 Å². The molecule has 0 aliphatic rings. The number of carbonyl (C=O) groups is 2. The molecule has 0 aliphatic heterocycles. The molecular weight excluding hydrogens is 398 g/mol. The van der Waals surface area contributed by atoms with Crippen LogP contribution in [0.25, 0.3) is 0 Å². The molecule has 1 aromatic heterocycles. The second-order valence-electron chi connectivity index (χ2n) is 6.97. The fraction of sp³-hybridized carbons (Fsp3) is 0.273. The number of nitrogens with one attached hydrogen (secondary N) is 2. The summed E-state index contributed by atoms with van der Waals surface area (Å²) in [6, 6.07) is 15.3. The maximum atomic E-state index is 12.2. The van der Waals surface area contributed by atoms with Gasteiger partial charge >= 0.3 is 0 Å². The van der Waals surface area contributed by atoms with Crippen molar-refractivity contribution in [1.29, 1.82) is 0 Å². The zero-order valence-electron chi connectivity index (χ0n) is 17.3. The first-order valence-corrected chi connectivity index (χ1v) is 10.6. The smallest absolute Gasteiger partial charge is 0.234 e. The summed E-state index contributed by atoms with van der Waals surface area (Å²) in [7, 11) is 1.84. The van der Waals surface area contributed by atoms with E-state index in [0.717, 1.165) is 22.5 Å². The summed E-state index contributed by atoms with van der Waals surface area (Å²) in [5.74, 6) is 0.765. The molecule has 156 valence electrons. The van der Waals surface area contributed by atoms with Crippen LogP contribution in [0.15, 0.2) is 53.7 Å². The third-order valence-electron chi connectivity index (χ3n) is 4.67. The molecule has 0 atom stereocenters. The fourth-order valence-corrected chi connectivity index (χ4v) is 3.60. The topological polar surface area (TPSA) is 88.9 Å². The van der Waals surface area contributed by atoms with Gasteiger partial charge in [-0.25, -0.2) is 0 Å². The minimum Gasteiger partial charge on any atom is -0.326 e. The molecule has 0 saturated carbocycles. The van der Waals surface area contributed by atoms with E-state index >= 15 is 0 Å². The SMILES string of the molecule is Cc1ccccc1NC(=O)CCc1nnc(SCC(=O)Nc2ccccc2C)n1C. The molecule has 8 heteroatoms. The van der Waals surface area contributed by atoms with Crippen LogP contribution in [0.5, 0.6) is 0 Å². The molecule has 1 heterocycles. The summed E-state index contributed by atoms with van der Waals surface area (Å²) < 4.78 is 1.83. The average molecular weight is 424 g/mol. The van der Waals surface area contributed by atoms with Gasteiger partial charge in [-0.3, -0.25) is 9.59 Å². The van der Waals surface area contributed by atoms with E-state index < -0.39 is 0 Å². The highest BCUT2D eigenvalue weighted by atomic mass is 32.2. The Bertz CT molecular complexity index is 967.